The number of aryl methyl sites for hydroxylation is 2. The summed E-state index contributed by atoms with van der Waals surface area (Å²) < 4.78 is 69.3. The number of rotatable bonds is 9. The zero-order valence-electron chi connectivity index (χ0n) is 16.7. The van der Waals surface area contributed by atoms with E-state index in [0.717, 1.165) is 23.1 Å². The van der Waals surface area contributed by atoms with E-state index in [9.17, 15) is 26.7 Å². The lowest BCUT2D eigenvalue weighted by Gasteiger charge is -2.16. The first kappa shape index (κ1) is 24.4. The predicted octanol–water partition coefficient (Wildman–Crippen LogP) is 5.45. The van der Waals surface area contributed by atoms with E-state index in [1.165, 1.54) is 17.8 Å². The molecule has 0 aliphatic heterocycles. The second-order valence-corrected chi connectivity index (χ2v) is 10.0. The van der Waals surface area contributed by atoms with E-state index in [0.29, 0.717) is 12.0 Å². The maximum absolute atomic E-state index is 12.8. The van der Waals surface area contributed by atoms with E-state index in [1.807, 2.05) is 6.92 Å². The molecule has 1 unspecified atom stereocenters. The molecule has 0 spiro atoms. The number of thioether (sulfide) groups is 1. The van der Waals surface area contributed by atoms with Gasteiger partial charge in [0.15, 0.2) is 5.75 Å². The quantitative estimate of drug-likeness (QED) is 0.503. The number of ether oxygens (including phenoxy) is 1. The van der Waals surface area contributed by atoms with Crippen LogP contribution in [-0.4, -0.2) is 26.6 Å². The van der Waals surface area contributed by atoms with Gasteiger partial charge in [0.25, 0.3) is 0 Å². The molecule has 30 heavy (non-hydrogen) atoms. The van der Waals surface area contributed by atoms with Crippen LogP contribution in [0.5, 0.6) is 11.5 Å². The van der Waals surface area contributed by atoms with E-state index in [1.54, 1.807) is 26.0 Å². The summed E-state index contributed by atoms with van der Waals surface area (Å²) in [6.45, 7) is 5.45. The van der Waals surface area contributed by atoms with Gasteiger partial charge in [-0.2, -0.15) is 0 Å². The van der Waals surface area contributed by atoms with E-state index in [4.69, 9.17) is 0 Å². The molecule has 2 rings (SSSR count). The minimum Gasteiger partial charge on any atom is -0.406 e. The van der Waals surface area contributed by atoms with Gasteiger partial charge in [0.1, 0.15) is 5.75 Å². The zero-order valence-corrected chi connectivity index (χ0v) is 18.4. The van der Waals surface area contributed by atoms with E-state index in [-0.39, 0.29) is 34.4 Å². The smallest absolute Gasteiger partial charge is 0.406 e. The number of hydrogen-bond acceptors (Lipinski definition) is 4. The van der Waals surface area contributed by atoms with Gasteiger partial charge in [0.2, 0.25) is 10.0 Å². The Labute approximate surface area is 178 Å². The Kier molecular flexibility index (Phi) is 8.06. The van der Waals surface area contributed by atoms with Gasteiger partial charge in [-0.1, -0.05) is 20.3 Å². The summed E-state index contributed by atoms with van der Waals surface area (Å²) in [5, 5.41) is 11.3. The van der Waals surface area contributed by atoms with Crippen molar-refractivity contribution in [2.24, 2.45) is 0 Å². The molecule has 165 valence electrons. The summed E-state index contributed by atoms with van der Waals surface area (Å²) in [6.07, 6.45) is -4.01. The largest absolute Gasteiger partial charge is 0.573 e. The van der Waals surface area contributed by atoms with Gasteiger partial charge in [-0.25, -0.2) is 13.1 Å². The number of nitrogens with one attached hydrogen (secondary N) is 1. The molecule has 0 heterocycles. The lowest BCUT2D eigenvalue weighted by Crippen LogP contribution is -2.30. The topological polar surface area (TPSA) is 75.3 Å². The number of benzene rings is 2. The van der Waals surface area contributed by atoms with Gasteiger partial charge in [0, 0.05) is 16.7 Å². The van der Waals surface area contributed by atoms with Crippen LogP contribution in [0.3, 0.4) is 0 Å². The van der Waals surface area contributed by atoms with Gasteiger partial charge in [-0.3, -0.25) is 5.11 Å². The van der Waals surface area contributed by atoms with Crippen molar-refractivity contribution in [3.63, 3.8) is 0 Å². The van der Waals surface area contributed by atoms with Gasteiger partial charge in [0.05, 0.1) is 4.90 Å². The number of alkyl halides is 3. The second-order valence-electron chi connectivity index (χ2n) is 6.78. The van der Waals surface area contributed by atoms with Crippen LogP contribution in [-0.2, 0) is 21.6 Å². The lowest BCUT2D eigenvalue weighted by molar-refractivity contribution is -0.274. The van der Waals surface area contributed by atoms with Crippen LogP contribution in [0.2, 0.25) is 0 Å². The Morgan fingerprint density at radius 2 is 1.87 bits per heavy atom. The summed E-state index contributed by atoms with van der Waals surface area (Å²) in [7, 11) is -3.93. The van der Waals surface area contributed by atoms with Crippen LogP contribution in [0.1, 0.15) is 31.4 Å². The molecule has 1 radical (unpaired) electrons. The molecule has 0 aromatic heterocycles. The summed E-state index contributed by atoms with van der Waals surface area (Å²) in [5.41, 5.74) is 0.867. The first-order valence-corrected chi connectivity index (χ1v) is 11.6. The average molecular weight is 463 g/mol. The molecule has 2 aromatic rings. The normalized spacial score (nSPS) is 13.3. The third kappa shape index (κ3) is 7.10. The molecule has 1 atom stereocenters. The molecule has 1 N–H and O–H groups in total. The zero-order chi connectivity index (χ0) is 22.5. The highest BCUT2D eigenvalue weighted by Crippen LogP contribution is 2.29. The Balaban J connectivity index is 2.12. The number of sulfonamides is 1. The predicted molar refractivity (Wildman–Crippen MR) is 109 cm³/mol. The van der Waals surface area contributed by atoms with Crippen LogP contribution in [0.25, 0.3) is 0 Å². The van der Waals surface area contributed by atoms with Crippen molar-refractivity contribution in [2.45, 2.75) is 55.0 Å². The molecule has 0 amide bonds. The minimum absolute atomic E-state index is 0.0610. The summed E-state index contributed by atoms with van der Waals surface area (Å²) in [4.78, 5) is 0.779. The molecule has 0 bridgehead atoms. The van der Waals surface area contributed by atoms with Crippen molar-refractivity contribution < 1.29 is 31.4 Å². The van der Waals surface area contributed by atoms with Gasteiger partial charge < -0.3 is 4.74 Å². The van der Waals surface area contributed by atoms with Crippen molar-refractivity contribution in [3.8, 4) is 11.5 Å². The fraction of sp³-hybridized carbons (Fsp3) is 0.400. The van der Waals surface area contributed by atoms with Crippen molar-refractivity contribution >= 4 is 21.8 Å². The average Bonchev–Trinajstić information content (AvgIpc) is 2.62. The maximum atomic E-state index is 12.8. The SMILES string of the molecule is CCCc1cc(OC(F)(F)F)ccc1S(=O)(=O)NCC(C)Sc1ccc([O])c(C)c1. The molecule has 5 nitrogen and oxygen atoms in total. The minimum atomic E-state index is -4.85. The van der Waals surface area contributed by atoms with Crippen LogP contribution in [0.4, 0.5) is 13.2 Å². The van der Waals surface area contributed by atoms with Crippen molar-refractivity contribution in [1.82, 2.24) is 4.72 Å². The Hall–Kier alpha value is -1.91. The highest BCUT2D eigenvalue weighted by atomic mass is 32.2. The third-order valence-corrected chi connectivity index (χ3v) is 6.74. The number of hydrogen-bond donors (Lipinski definition) is 1. The molecular formula is C20H23F3NO4S2. The van der Waals surface area contributed by atoms with Crippen LogP contribution in [0, 0.1) is 6.92 Å². The molecule has 0 saturated carbocycles. The van der Waals surface area contributed by atoms with Crippen LogP contribution < -0.4 is 9.46 Å². The molecule has 0 fully saturated rings. The molecular weight excluding hydrogens is 439 g/mol. The van der Waals surface area contributed by atoms with E-state index >= 15 is 0 Å². The van der Waals surface area contributed by atoms with Crippen molar-refractivity contribution in [3.05, 3.63) is 47.5 Å². The Morgan fingerprint density at radius 1 is 1.17 bits per heavy atom. The molecule has 10 heteroatoms. The van der Waals surface area contributed by atoms with Gasteiger partial charge in [-0.15, -0.1) is 24.9 Å². The summed E-state index contributed by atoms with van der Waals surface area (Å²) in [5.74, 6) is -0.514. The maximum Gasteiger partial charge on any atom is 0.573 e. The molecule has 2 aromatic carbocycles. The van der Waals surface area contributed by atoms with Crippen LogP contribution >= 0.6 is 11.8 Å². The number of halogens is 3. The molecule has 0 saturated heterocycles. The Bertz CT molecular complexity index is 979. The second kappa shape index (κ2) is 9.93. The molecule has 0 aliphatic carbocycles. The highest BCUT2D eigenvalue weighted by molar-refractivity contribution is 8.00. The van der Waals surface area contributed by atoms with E-state index in [2.05, 4.69) is 9.46 Å². The van der Waals surface area contributed by atoms with Gasteiger partial charge in [-0.05, 0) is 60.9 Å². The van der Waals surface area contributed by atoms with Crippen LogP contribution in [0.15, 0.2) is 46.2 Å². The van der Waals surface area contributed by atoms with E-state index < -0.39 is 22.1 Å². The highest BCUT2D eigenvalue weighted by Gasteiger charge is 2.31. The standard InChI is InChI=1S/C20H23F3NO4S2/c1-4-5-15-11-16(28-20(21,22)23)6-9-19(15)30(26,27)24-12-14(3)29-17-7-8-18(25)13(2)10-17/h6-11,14,24H,4-5,12H2,1-3H3. The summed E-state index contributed by atoms with van der Waals surface area (Å²) in [6, 6.07) is 8.13. The lowest BCUT2D eigenvalue weighted by atomic mass is 10.1. The van der Waals surface area contributed by atoms with Gasteiger partial charge >= 0.3 is 6.36 Å². The first-order valence-electron chi connectivity index (χ1n) is 9.24. The first-order chi connectivity index (χ1) is 13.9. The third-order valence-electron chi connectivity index (χ3n) is 4.12. The summed E-state index contributed by atoms with van der Waals surface area (Å²) >= 11 is 1.41. The Morgan fingerprint density at radius 3 is 2.47 bits per heavy atom. The molecule has 0 aliphatic rings. The monoisotopic (exact) mass is 462 g/mol. The fourth-order valence-electron chi connectivity index (χ4n) is 2.75. The van der Waals surface area contributed by atoms with Crippen molar-refractivity contribution in [1.29, 1.82) is 0 Å². The fourth-order valence-corrected chi connectivity index (χ4v) is 5.26. The van der Waals surface area contributed by atoms with Crippen molar-refractivity contribution in [2.75, 3.05) is 6.54 Å².